The van der Waals surface area contributed by atoms with Crippen molar-refractivity contribution in [1.29, 1.82) is 0 Å². The summed E-state index contributed by atoms with van der Waals surface area (Å²) >= 11 is 0. The molecule has 3 aromatic rings. The molecule has 0 saturated carbocycles. The Morgan fingerprint density at radius 3 is 2.57 bits per heavy atom. The summed E-state index contributed by atoms with van der Waals surface area (Å²) in [6.45, 7) is 4.39. The molecule has 1 aromatic heterocycles. The van der Waals surface area contributed by atoms with Gasteiger partial charge in [0.1, 0.15) is 11.6 Å². The molecule has 7 heteroatoms. The van der Waals surface area contributed by atoms with Crippen molar-refractivity contribution in [2.75, 3.05) is 7.05 Å². The minimum Gasteiger partial charge on any atom is -0.352 e. The molecular weight excluding hydrogens is 468 g/mol. The number of hydrogen-bond donors (Lipinski definition) is 2. The highest BCUT2D eigenvalue weighted by molar-refractivity contribution is 14.0. The van der Waals surface area contributed by atoms with E-state index >= 15 is 0 Å². The van der Waals surface area contributed by atoms with Gasteiger partial charge in [-0.15, -0.1) is 24.0 Å². The second-order valence-corrected chi connectivity index (χ2v) is 6.33. The Labute approximate surface area is 182 Å². The number of nitrogens with one attached hydrogen (secondary N) is 2. The molecule has 0 aliphatic carbocycles. The lowest BCUT2D eigenvalue weighted by Gasteiger charge is -2.18. The number of imidazole rings is 1. The largest absolute Gasteiger partial charge is 0.352 e. The van der Waals surface area contributed by atoms with E-state index in [2.05, 4.69) is 39.7 Å². The van der Waals surface area contributed by atoms with Crippen LogP contribution in [-0.2, 0) is 6.54 Å². The zero-order chi connectivity index (χ0) is 19.2. The van der Waals surface area contributed by atoms with Crippen molar-refractivity contribution >= 4 is 29.9 Å². The number of rotatable bonds is 5. The van der Waals surface area contributed by atoms with Gasteiger partial charge in [-0.2, -0.15) is 0 Å². The smallest absolute Gasteiger partial charge is 0.191 e. The SMILES string of the molecule is CN=C(NCc1ccc(-n2ccnc2C)c(F)c1)NC(C)c1ccccc1.I. The van der Waals surface area contributed by atoms with Gasteiger partial charge in [-0.3, -0.25) is 4.99 Å². The van der Waals surface area contributed by atoms with Crippen molar-refractivity contribution in [1.82, 2.24) is 20.2 Å². The second kappa shape index (κ2) is 10.2. The molecule has 28 heavy (non-hydrogen) atoms. The van der Waals surface area contributed by atoms with Gasteiger partial charge < -0.3 is 15.2 Å². The number of aromatic nitrogens is 2. The van der Waals surface area contributed by atoms with Gasteiger partial charge in [-0.1, -0.05) is 36.4 Å². The maximum atomic E-state index is 14.5. The van der Waals surface area contributed by atoms with Crippen molar-refractivity contribution < 1.29 is 4.39 Å². The topological polar surface area (TPSA) is 54.2 Å². The number of hydrogen-bond acceptors (Lipinski definition) is 2. The highest BCUT2D eigenvalue weighted by Gasteiger charge is 2.10. The van der Waals surface area contributed by atoms with Crippen molar-refractivity contribution in [3.8, 4) is 5.69 Å². The quantitative estimate of drug-likeness (QED) is 0.316. The number of aliphatic imine (C=N–C) groups is 1. The van der Waals surface area contributed by atoms with Crippen LogP contribution < -0.4 is 10.6 Å². The van der Waals surface area contributed by atoms with E-state index in [1.165, 1.54) is 11.6 Å². The molecule has 0 radical (unpaired) electrons. The number of benzene rings is 2. The Balaban J connectivity index is 0.00000280. The summed E-state index contributed by atoms with van der Waals surface area (Å²) in [6, 6.07) is 15.5. The second-order valence-electron chi connectivity index (χ2n) is 6.33. The molecule has 0 aliphatic rings. The highest BCUT2D eigenvalue weighted by Crippen LogP contribution is 2.17. The Morgan fingerprint density at radius 1 is 1.21 bits per heavy atom. The standard InChI is InChI=1S/C21H24FN5.HI/c1-15(18-7-5-4-6-8-18)26-21(23-3)25-14-17-9-10-20(19(22)13-17)27-12-11-24-16(27)2;/h4-13,15H,14H2,1-3H3,(H2,23,25,26);1H. The van der Waals surface area contributed by atoms with Crippen LogP contribution >= 0.6 is 24.0 Å². The minimum atomic E-state index is -0.281. The summed E-state index contributed by atoms with van der Waals surface area (Å²) in [6.07, 6.45) is 3.41. The van der Waals surface area contributed by atoms with Crippen molar-refractivity contribution in [2.24, 2.45) is 4.99 Å². The highest BCUT2D eigenvalue weighted by atomic mass is 127. The van der Waals surface area contributed by atoms with E-state index in [9.17, 15) is 4.39 Å². The van der Waals surface area contributed by atoms with Crippen LogP contribution in [0.15, 0.2) is 65.9 Å². The van der Waals surface area contributed by atoms with Crippen LogP contribution in [0.1, 0.15) is 29.9 Å². The number of guanidine groups is 1. The zero-order valence-corrected chi connectivity index (χ0v) is 18.5. The summed E-state index contributed by atoms with van der Waals surface area (Å²) < 4.78 is 16.2. The molecule has 148 valence electrons. The van der Waals surface area contributed by atoms with E-state index in [1.54, 1.807) is 30.1 Å². The molecule has 3 rings (SSSR count). The first-order chi connectivity index (χ1) is 13.1. The first kappa shape index (κ1) is 21.9. The van der Waals surface area contributed by atoms with Crippen LogP contribution in [0.2, 0.25) is 0 Å². The lowest BCUT2D eigenvalue weighted by Crippen LogP contribution is -2.38. The monoisotopic (exact) mass is 493 g/mol. The average molecular weight is 493 g/mol. The van der Waals surface area contributed by atoms with Crippen molar-refractivity contribution in [2.45, 2.75) is 26.4 Å². The van der Waals surface area contributed by atoms with Gasteiger partial charge in [0.25, 0.3) is 0 Å². The lowest BCUT2D eigenvalue weighted by molar-refractivity contribution is 0.613. The normalized spacial score (nSPS) is 12.2. The molecule has 2 aromatic carbocycles. The molecule has 0 amide bonds. The number of halogens is 2. The first-order valence-electron chi connectivity index (χ1n) is 8.89. The molecule has 0 spiro atoms. The summed E-state index contributed by atoms with van der Waals surface area (Å²) in [5.41, 5.74) is 2.50. The van der Waals surface area contributed by atoms with Crippen LogP contribution in [0.5, 0.6) is 0 Å². The van der Waals surface area contributed by atoms with E-state index < -0.39 is 0 Å². The Bertz CT molecular complexity index is 924. The molecule has 0 bridgehead atoms. The molecule has 0 aliphatic heterocycles. The minimum absolute atomic E-state index is 0. The Hall–Kier alpha value is -2.42. The van der Waals surface area contributed by atoms with E-state index in [0.29, 0.717) is 18.2 Å². The average Bonchev–Trinajstić information content (AvgIpc) is 3.11. The van der Waals surface area contributed by atoms with Crippen molar-refractivity contribution in [3.63, 3.8) is 0 Å². The van der Waals surface area contributed by atoms with E-state index in [0.717, 1.165) is 11.4 Å². The summed E-state index contributed by atoms with van der Waals surface area (Å²) in [7, 11) is 1.72. The first-order valence-corrected chi connectivity index (χ1v) is 8.89. The van der Waals surface area contributed by atoms with E-state index in [-0.39, 0.29) is 35.8 Å². The van der Waals surface area contributed by atoms with Crippen LogP contribution in [0.25, 0.3) is 5.69 Å². The summed E-state index contributed by atoms with van der Waals surface area (Å²) in [5, 5.41) is 6.57. The lowest BCUT2D eigenvalue weighted by atomic mass is 10.1. The predicted molar refractivity (Wildman–Crippen MR) is 122 cm³/mol. The van der Waals surface area contributed by atoms with Crippen molar-refractivity contribution in [3.05, 3.63) is 83.7 Å². The van der Waals surface area contributed by atoms with Crippen LogP contribution in [-0.4, -0.2) is 22.6 Å². The fourth-order valence-electron chi connectivity index (χ4n) is 2.90. The Kier molecular flexibility index (Phi) is 7.98. The van der Waals surface area contributed by atoms with Gasteiger partial charge >= 0.3 is 0 Å². The molecule has 2 N–H and O–H groups in total. The Morgan fingerprint density at radius 2 is 1.96 bits per heavy atom. The third-order valence-corrected chi connectivity index (χ3v) is 4.43. The van der Waals surface area contributed by atoms with Crippen LogP contribution in [0.4, 0.5) is 4.39 Å². The predicted octanol–water partition coefficient (Wildman–Crippen LogP) is 4.36. The van der Waals surface area contributed by atoms with Crippen LogP contribution in [0.3, 0.4) is 0 Å². The summed E-state index contributed by atoms with van der Waals surface area (Å²) in [4.78, 5) is 8.39. The van der Waals surface area contributed by atoms with Gasteiger partial charge in [0.15, 0.2) is 5.96 Å². The number of aryl methyl sites for hydroxylation is 1. The molecule has 1 unspecified atom stereocenters. The van der Waals surface area contributed by atoms with Crippen LogP contribution in [0, 0.1) is 12.7 Å². The third kappa shape index (κ3) is 5.31. The maximum absolute atomic E-state index is 14.5. The summed E-state index contributed by atoms with van der Waals surface area (Å²) in [5.74, 6) is 1.14. The van der Waals surface area contributed by atoms with E-state index in [4.69, 9.17) is 0 Å². The molecular formula is C21H25FIN5. The molecule has 0 fully saturated rings. The van der Waals surface area contributed by atoms with Gasteiger partial charge in [0.2, 0.25) is 0 Å². The van der Waals surface area contributed by atoms with Gasteiger partial charge in [-0.05, 0) is 37.1 Å². The fourth-order valence-corrected chi connectivity index (χ4v) is 2.90. The van der Waals surface area contributed by atoms with Gasteiger partial charge in [-0.25, -0.2) is 9.37 Å². The molecule has 0 saturated heterocycles. The molecule has 1 heterocycles. The van der Waals surface area contributed by atoms with E-state index in [1.807, 2.05) is 31.2 Å². The molecule has 1 atom stereocenters. The maximum Gasteiger partial charge on any atom is 0.191 e. The molecule has 5 nitrogen and oxygen atoms in total. The van der Waals surface area contributed by atoms with Gasteiger partial charge in [0, 0.05) is 26.0 Å². The zero-order valence-electron chi connectivity index (χ0n) is 16.2. The fraction of sp³-hybridized carbons (Fsp3) is 0.238. The van der Waals surface area contributed by atoms with Gasteiger partial charge in [0.05, 0.1) is 11.7 Å². The third-order valence-electron chi connectivity index (χ3n) is 4.43. The number of nitrogens with zero attached hydrogens (tertiary/aromatic N) is 3.